The molecule has 0 aliphatic carbocycles. The molecule has 1 atom stereocenters. The average Bonchev–Trinajstić information content (AvgIpc) is 2.94. The molecule has 2 fully saturated rings. The maximum atomic E-state index is 14.0. The van der Waals surface area contributed by atoms with Crippen molar-refractivity contribution < 1.29 is 13.5 Å². The number of morpholine rings is 1. The summed E-state index contributed by atoms with van der Waals surface area (Å²) in [5, 5.41) is 0. The molecule has 2 heterocycles. The molecule has 1 aromatic carbocycles. The van der Waals surface area contributed by atoms with Crippen molar-refractivity contribution in [3.05, 3.63) is 23.8 Å². The lowest BCUT2D eigenvalue weighted by Crippen LogP contribution is -2.44. The number of benzene rings is 1. The average molecular weight is 283 g/mol. The summed E-state index contributed by atoms with van der Waals surface area (Å²) in [6.07, 6.45) is 0.940. The van der Waals surface area contributed by atoms with Crippen LogP contribution in [0, 0.1) is 11.6 Å². The summed E-state index contributed by atoms with van der Waals surface area (Å²) in [5.74, 6) is -1.68. The standard InChI is InChI=1S/C14H19F2N3O/c15-11-1-2-12(17)14(13(11)16)19-4-3-10(9-19)18-5-7-20-8-6-18/h1-2,10H,3-9,17H2. The van der Waals surface area contributed by atoms with Crippen molar-refractivity contribution in [3.63, 3.8) is 0 Å². The Hall–Kier alpha value is -1.40. The van der Waals surface area contributed by atoms with Gasteiger partial charge in [0.25, 0.3) is 0 Å². The van der Waals surface area contributed by atoms with Crippen molar-refractivity contribution in [2.24, 2.45) is 0 Å². The molecule has 20 heavy (non-hydrogen) atoms. The molecule has 2 aliphatic heterocycles. The highest BCUT2D eigenvalue weighted by Crippen LogP contribution is 2.32. The Morgan fingerprint density at radius 3 is 2.65 bits per heavy atom. The number of hydrogen-bond donors (Lipinski definition) is 1. The van der Waals surface area contributed by atoms with E-state index in [2.05, 4.69) is 4.90 Å². The molecule has 4 nitrogen and oxygen atoms in total. The van der Waals surface area contributed by atoms with Gasteiger partial charge in [-0.1, -0.05) is 0 Å². The summed E-state index contributed by atoms with van der Waals surface area (Å²) in [7, 11) is 0. The zero-order valence-corrected chi connectivity index (χ0v) is 11.3. The van der Waals surface area contributed by atoms with Gasteiger partial charge in [0, 0.05) is 32.2 Å². The molecule has 3 rings (SSSR count). The molecule has 0 spiro atoms. The predicted molar refractivity (Wildman–Crippen MR) is 73.8 cm³/mol. The number of nitrogens with two attached hydrogens (primary N) is 1. The van der Waals surface area contributed by atoms with Crippen LogP contribution in [0.4, 0.5) is 20.2 Å². The van der Waals surface area contributed by atoms with Crippen molar-refractivity contribution in [1.82, 2.24) is 4.90 Å². The summed E-state index contributed by atoms with van der Waals surface area (Å²) in [5.41, 5.74) is 6.32. The second-order valence-electron chi connectivity index (χ2n) is 5.34. The van der Waals surface area contributed by atoms with E-state index in [1.165, 1.54) is 6.07 Å². The molecule has 2 N–H and O–H groups in total. The first-order valence-corrected chi connectivity index (χ1v) is 6.97. The topological polar surface area (TPSA) is 41.7 Å². The Labute approximate surface area is 117 Å². The van der Waals surface area contributed by atoms with Crippen LogP contribution in [-0.4, -0.2) is 50.3 Å². The molecule has 2 saturated heterocycles. The highest BCUT2D eigenvalue weighted by molar-refractivity contribution is 5.69. The monoisotopic (exact) mass is 283 g/mol. The van der Waals surface area contributed by atoms with E-state index >= 15 is 0 Å². The summed E-state index contributed by atoms with van der Waals surface area (Å²) in [6.45, 7) is 4.68. The van der Waals surface area contributed by atoms with Gasteiger partial charge in [0.2, 0.25) is 0 Å². The molecular weight excluding hydrogens is 264 g/mol. The van der Waals surface area contributed by atoms with Crippen molar-refractivity contribution in [2.45, 2.75) is 12.5 Å². The number of anilines is 2. The zero-order chi connectivity index (χ0) is 14.1. The van der Waals surface area contributed by atoms with Crippen LogP contribution >= 0.6 is 0 Å². The van der Waals surface area contributed by atoms with Crippen LogP contribution in [0.5, 0.6) is 0 Å². The first-order valence-electron chi connectivity index (χ1n) is 6.97. The fourth-order valence-electron chi connectivity index (χ4n) is 3.06. The Balaban J connectivity index is 1.75. The van der Waals surface area contributed by atoms with E-state index in [-0.39, 0.29) is 5.69 Å². The predicted octanol–water partition coefficient (Wildman–Crippen LogP) is 1.46. The lowest BCUT2D eigenvalue weighted by molar-refractivity contribution is 0.0209. The summed E-state index contributed by atoms with van der Waals surface area (Å²) in [4.78, 5) is 4.21. The van der Waals surface area contributed by atoms with Crippen LogP contribution in [0.1, 0.15) is 6.42 Å². The van der Waals surface area contributed by atoms with Crippen LogP contribution in [-0.2, 0) is 4.74 Å². The zero-order valence-electron chi connectivity index (χ0n) is 11.3. The molecule has 6 heteroatoms. The number of ether oxygens (including phenoxy) is 1. The normalized spacial score (nSPS) is 24.3. The van der Waals surface area contributed by atoms with Crippen LogP contribution in [0.25, 0.3) is 0 Å². The minimum Gasteiger partial charge on any atom is -0.397 e. The SMILES string of the molecule is Nc1ccc(F)c(F)c1N1CCC(N2CCOCC2)C1. The van der Waals surface area contributed by atoms with Gasteiger partial charge >= 0.3 is 0 Å². The van der Waals surface area contributed by atoms with E-state index in [4.69, 9.17) is 10.5 Å². The quantitative estimate of drug-likeness (QED) is 0.834. The molecule has 0 bridgehead atoms. The van der Waals surface area contributed by atoms with Crippen LogP contribution < -0.4 is 10.6 Å². The number of halogens is 2. The molecule has 0 amide bonds. The second kappa shape index (κ2) is 5.54. The van der Waals surface area contributed by atoms with Gasteiger partial charge in [0.15, 0.2) is 11.6 Å². The van der Waals surface area contributed by atoms with E-state index in [9.17, 15) is 8.78 Å². The van der Waals surface area contributed by atoms with Gasteiger partial charge in [0.05, 0.1) is 24.6 Å². The number of nitrogen functional groups attached to an aromatic ring is 1. The number of nitrogens with zero attached hydrogens (tertiary/aromatic N) is 2. The Bertz CT molecular complexity index is 492. The van der Waals surface area contributed by atoms with Gasteiger partial charge in [-0.05, 0) is 18.6 Å². The van der Waals surface area contributed by atoms with E-state index in [1.54, 1.807) is 0 Å². The van der Waals surface area contributed by atoms with Crippen LogP contribution in [0.15, 0.2) is 12.1 Å². The minimum atomic E-state index is -0.843. The molecule has 110 valence electrons. The molecular formula is C14H19F2N3O. The maximum absolute atomic E-state index is 14.0. The summed E-state index contributed by atoms with van der Waals surface area (Å²) < 4.78 is 32.7. The molecule has 2 aliphatic rings. The fourth-order valence-corrected chi connectivity index (χ4v) is 3.06. The summed E-state index contributed by atoms with van der Waals surface area (Å²) in [6, 6.07) is 2.86. The highest BCUT2D eigenvalue weighted by atomic mass is 19.2. The Morgan fingerprint density at radius 1 is 1.15 bits per heavy atom. The van der Waals surface area contributed by atoms with Crippen molar-refractivity contribution >= 4 is 11.4 Å². The first kappa shape index (κ1) is 13.6. The third-order valence-corrected chi connectivity index (χ3v) is 4.14. The second-order valence-corrected chi connectivity index (χ2v) is 5.34. The Kier molecular flexibility index (Phi) is 3.76. The lowest BCUT2D eigenvalue weighted by Gasteiger charge is -2.32. The fraction of sp³-hybridized carbons (Fsp3) is 0.571. The van der Waals surface area contributed by atoms with Gasteiger partial charge in [-0.2, -0.15) is 0 Å². The smallest absolute Gasteiger partial charge is 0.184 e. The molecule has 1 unspecified atom stereocenters. The molecule has 1 aromatic rings. The summed E-state index contributed by atoms with van der Waals surface area (Å²) >= 11 is 0. The first-order chi connectivity index (χ1) is 9.66. The third kappa shape index (κ3) is 2.45. The Morgan fingerprint density at radius 2 is 1.90 bits per heavy atom. The molecule has 0 aromatic heterocycles. The van der Waals surface area contributed by atoms with Gasteiger partial charge in [0.1, 0.15) is 0 Å². The minimum absolute atomic E-state index is 0.209. The van der Waals surface area contributed by atoms with Crippen molar-refractivity contribution in [2.75, 3.05) is 50.0 Å². The largest absolute Gasteiger partial charge is 0.397 e. The van der Waals surface area contributed by atoms with Crippen molar-refractivity contribution in [3.8, 4) is 0 Å². The third-order valence-electron chi connectivity index (χ3n) is 4.14. The number of rotatable bonds is 2. The van der Waals surface area contributed by atoms with Crippen LogP contribution in [0.2, 0.25) is 0 Å². The van der Waals surface area contributed by atoms with Crippen molar-refractivity contribution in [1.29, 1.82) is 0 Å². The molecule has 0 saturated carbocycles. The van der Waals surface area contributed by atoms with Gasteiger partial charge in [-0.15, -0.1) is 0 Å². The van der Waals surface area contributed by atoms with E-state index in [0.29, 0.717) is 24.8 Å². The highest BCUT2D eigenvalue weighted by Gasteiger charge is 2.31. The van der Waals surface area contributed by atoms with Crippen LogP contribution in [0.3, 0.4) is 0 Å². The van der Waals surface area contributed by atoms with Gasteiger partial charge in [-0.3, -0.25) is 4.90 Å². The van der Waals surface area contributed by atoms with E-state index in [0.717, 1.165) is 38.8 Å². The maximum Gasteiger partial charge on any atom is 0.184 e. The number of hydrogen-bond acceptors (Lipinski definition) is 4. The molecule has 0 radical (unpaired) electrons. The van der Waals surface area contributed by atoms with E-state index in [1.807, 2.05) is 4.90 Å². The van der Waals surface area contributed by atoms with Gasteiger partial charge in [-0.25, -0.2) is 8.78 Å². The van der Waals surface area contributed by atoms with E-state index < -0.39 is 11.6 Å². The lowest BCUT2D eigenvalue weighted by atomic mass is 10.2. The van der Waals surface area contributed by atoms with Gasteiger partial charge < -0.3 is 15.4 Å².